The zero-order valence-corrected chi connectivity index (χ0v) is 12.7. The summed E-state index contributed by atoms with van der Waals surface area (Å²) in [6.07, 6.45) is 9.53. The van der Waals surface area contributed by atoms with Crippen LogP contribution in [0.5, 0.6) is 0 Å². The molecule has 21 heavy (non-hydrogen) atoms. The molecule has 2 fully saturated rings. The fraction of sp³-hybridized carbons (Fsp3) is 0.875. The van der Waals surface area contributed by atoms with Crippen molar-refractivity contribution in [2.24, 2.45) is 11.8 Å². The molecule has 0 saturated heterocycles. The van der Waals surface area contributed by atoms with Gasteiger partial charge < -0.3 is 15.2 Å². The summed E-state index contributed by atoms with van der Waals surface area (Å²) in [5, 5.41) is 12.0. The van der Waals surface area contributed by atoms with E-state index < -0.39 is 11.9 Å². The van der Waals surface area contributed by atoms with E-state index in [4.69, 9.17) is 9.84 Å². The maximum Gasteiger partial charge on any atom is 0.307 e. The molecule has 5 nitrogen and oxygen atoms in total. The molecule has 2 N–H and O–H groups in total. The molecular formula is C16H27NO4. The monoisotopic (exact) mass is 297 g/mol. The Bertz CT molecular complexity index is 352. The average Bonchev–Trinajstić information content (AvgIpc) is 2.97. The number of hydrogen-bond donors (Lipinski definition) is 2. The first kappa shape index (κ1) is 16.3. The minimum atomic E-state index is -0.840. The Morgan fingerprint density at radius 3 is 2.43 bits per heavy atom. The van der Waals surface area contributed by atoms with Crippen LogP contribution in [-0.4, -0.2) is 36.2 Å². The van der Waals surface area contributed by atoms with Crippen molar-refractivity contribution in [2.45, 2.75) is 63.9 Å². The summed E-state index contributed by atoms with van der Waals surface area (Å²) in [4.78, 5) is 23.1. The standard InChI is InChI=1S/C16H27NO4/c18-15(13-8-4-9-14(13)16(19)20)17-10-5-11-21-12-6-2-1-3-7-12/h12-14H,1-11H2,(H,17,18)(H,19,20). The maximum atomic E-state index is 12.0. The lowest BCUT2D eigenvalue weighted by molar-refractivity contribution is -0.146. The number of amides is 1. The normalized spacial score (nSPS) is 26.7. The molecule has 2 rings (SSSR count). The highest BCUT2D eigenvalue weighted by Gasteiger charge is 2.37. The van der Waals surface area contributed by atoms with Crippen LogP contribution >= 0.6 is 0 Å². The summed E-state index contributed by atoms with van der Waals surface area (Å²) < 4.78 is 5.80. The van der Waals surface area contributed by atoms with E-state index in [-0.39, 0.29) is 11.8 Å². The molecule has 0 aromatic heterocycles. The molecule has 2 saturated carbocycles. The predicted molar refractivity (Wildman–Crippen MR) is 78.9 cm³/mol. The number of ether oxygens (including phenoxy) is 1. The lowest BCUT2D eigenvalue weighted by atomic mass is 9.95. The van der Waals surface area contributed by atoms with Gasteiger partial charge >= 0.3 is 5.97 Å². The van der Waals surface area contributed by atoms with E-state index in [1.807, 2.05) is 0 Å². The highest BCUT2D eigenvalue weighted by molar-refractivity contribution is 5.85. The van der Waals surface area contributed by atoms with Gasteiger partial charge in [0.25, 0.3) is 0 Å². The predicted octanol–water partition coefficient (Wildman–Crippen LogP) is 2.34. The number of nitrogens with one attached hydrogen (secondary N) is 1. The lowest BCUT2D eigenvalue weighted by Gasteiger charge is -2.22. The number of carbonyl (C=O) groups excluding carboxylic acids is 1. The van der Waals surface area contributed by atoms with Crippen molar-refractivity contribution >= 4 is 11.9 Å². The first-order chi connectivity index (χ1) is 10.2. The van der Waals surface area contributed by atoms with Crippen LogP contribution in [0.4, 0.5) is 0 Å². The Morgan fingerprint density at radius 2 is 1.71 bits per heavy atom. The van der Waals surface area contributed by atoms with Crippen LogP contribution in [-0.2, 0) is 14.3 Å². The van der Waals surface area contributed by atoms with E-state index in [0.717, 1.165) is 25.7 Å². The molecule has 120 valence electrons. The number of carboxylic acid groups (broad SMARTS) is 1. The summed E-state index contributed by atoms with van der Waals surface area (Å²) in [5.41, 5.74) is 0. The summed E-state index contributed by atoms with van der Waals surface area (Å²) in [6.45, 7) is 1.26. The fourth-order valence-corrected chi connectivity index (χ4v) is 3.47. The Hall–Kier alpha value is -1.10. The minimum Gasteiger partial charge on any atom is -0.481 e. The molecule has 1 amide bonds. The average molecular weight is 297 g/mol. The number of aliphatic carboxylic acids is 1. The van der Waals surface area contributed by atoms with Crippen molar-refractivity contribution in [2.75, 3.05) is 13.2 Å². The Balaban J connectivity index is 1.57. The quantitative estimate of drug-likeness (QED) is 0.707. The number of carbonyl (C=O) groups is 2. The van der Waals surface area contributed by atoms with Crippen LogP contribution in [0.25, 0.3) is 0 Å². The van der Waals surface area contributed by atoms with Crippen LogP contribution in [0.15, 0.2) is 0 Å². The van der Waals surface area contributed by atoms with Gasteiger partial charge in [-0.15, -0.1) is 0 Å². The van der Waals surface area contributed by atoms with Gasteiger partial charge in [0, 0.05) is 13.2 Å². The van der Waals surface area contributed by atoms with E-state index in [0.29, 0.717) is 32.1 Å². The van der Waals surface area contributed by atoms with E-state index in [2.05, 4.69) is 5.32 Å². The molecule has 2 unspecified atom stereocenters. The molecule has 2 aliphatic carbocycles. The lowest BCUT2D eigenvalue weighted by Crippen LogP contribution is -2.36. The second-order valence-corrected chi connectivity index (χ2v) is 6.26. The number of rotatable bonds is 7. The smallest absolute Gasteiger partial charge is 0.307 e. The summed E-state index contributed by atoms with van der Waals surface area (Å²) >= 11 is 0. The van der Waals surface area contributed by atoms with E-state index >= 15 is 0 Å². The molecule has 0 heterocycles. The van der Waals surface area contributed by atoms with Gasteiger partial charge in [0.15, 0.2) is 0 Å². The van der Waals surface area contributed by atoms with Gasteiger partial charge in [0.2, 0.25) is 5.91 Å². The van der Waals surface area contributed by atoms with Crippen molar-refractivity contribution in [1.29, 1.82) is 0 Å². The first-order valence-corrected chi connectivity index (χ1v) is 8.30. The van der Waals surface area contributed by atoms with Crippen LogP contribution in [0, 0.1) is 11.8 Å². The number of hydrogen-bond acceptors (Lipinski definition) is 3. The van der Waals surface area contributed by atoms with E-state index in [1.54, 1.807) is 0 Å². The van der Waals surface area contributed by atoms with Crippen molar-refractivity contribution in [3.8, 4) is 0 Å². The Morgan fingerprint density at radius 1 is 1.00 bits per heavy atom. The van der Waals surface area contributed by atoms with E-state index in [9.17, 15) is 9.59 Å². The molecule has 0 aromatic rings. The molecular weight excluding hydrogens is 270 g/mol. The number of carboxylic acids is 1. The maximum absolute atomic E-state index is 12.0. The molecule has 0 radical (unpaired) electrons. The van der Waals surface area contributed by atoms with Gasteiger partial charge in [0.05, 0.1) is 17.9 Å². The highest BCUT2D eigenvalue weighted by atomic mass is 16.5. The molecule has 0 aliphatic heterocycles. The fourth-order valence-electron chi connectivity index (χ4n) is 3.47. The molecule has 0 bridgehead atoms. The summed E-state index contributed by atoms with van der Waals surface area (Å²) in [5.74, 6) is -1.78. The van der Waals surface area contributed by atoms with Gasteiger partial charge in [-0.25, -0.2) is 0 Å². The Labute approximate surface area is 126 Å². The van der Waals surface area contributed by atoms with Crippen molar-refractivity contribution in [3.63, 3.8) is 0 Å². The van der Waals surface area contributed by atoms with Gasteiger partial charge in [0.1, 0.15) is 0 Å². The van der Waals surface area contributed by atoms with Gasteiger partial charge in [-0.3, -0.25) is 9.59 Å². The zero-order valence-electron chi connectivity index (χ0n) is 12.7. The van der Waals surface area contributed by atoms with Gasteiger partial charge in [-0.05, 0) is 32.1 Å². The van der Waals surface area contributed by atoms with Crippen LogP contribution in [0.1, 0.15) is 57.8 Å². The van der Waals surface area contributed by atoms with E-state index in [1.165, 1.54) is 19.3 Å². The third kappa shape index (κ3) is 4.99. The second-order valence-electron chi connectivity index (χ2n) is 6.26. The van der Waals surface area contributed by atoms with Crippen LogP contribution in [0.3, 0.4) is 0 Å². The van der Waals surface area contributed by atoms with Gasteiger partial charge in [-0.2, -0.15) is 0 Å². The molecule has 0 spiro atoms. The van der Waals surface area contributed by atoms with Crippen molar-refractivity contribution in [3.05, 3.63) is 0 Å². The summed E-state index contributed by atoms with van der Waals surface area (Å²) in [7, 11) is 0. The Kier molecular flexibility index (Phi) is 6.49. The van der Waals surface area contributed by atoms with Crippen LogP contribution in [0.2, 0.25) is 0 Å². The zero-order chi connectivity index (χ0) is 15.1. The first-order valence-electron chi connectivity index (χ1n) is 8.30. The third-order valence-corrected chi connectivity index (χ3v) is 4.70. The largest absolute Gasteiger partial charge is 0.481 e. The topological polar surface area (TPSA) is 75.6 Å². The molecule has 2 atom stereocenters. The molecule has 0 aromatic carbocycles. The van der Waals surface area contributed by atoms with Crippen molar-refractivity contribution < 1.29 is 19.4 Å². The third-order valence-electron chi connectivity index (χ3n) is 4.70. The molecule has 2 aliphatic rings. The second kappa shape index (κ2) is 8.37. The SMILES string of the molecule is O=C(O)C1CCCC1C(=O)NCCCOC1CCCCC1. The van der Waals surface area contributed by atoms with Gasteiger partial charge in [-0.1, -0.05) is 25.7 Å². The van der Waals surface area contributed by atoms with Crippen LogP contribution < -0.4 is 5.32 Å². The highest BCUT2D eigenvalue weighted by Crippen LogP contribution is 2.31. The molecule has 5 heteroatoms. The minimum absolute atomic E-state index is 0.0995. The van der Waals surface area contributed by atoms with Crippen molar-refractivity contribution in [1.82, 2.24) is 5.32 Å². The summed E-state index contributed by atoms with van der Waals surface area (Å²) in [6, 6.07) is 0.